The van der Waals surface area contributed by atoms with Gasteiger partial charge in [0.25, 0.3) is 5.91 Å². The van der Waals surface area contributed by atoms with Gasteiger partial charge in [-0.25, -0.2) is 9.82 Å². The zero-order valence-corrected chi connectivity index (χ0v) is 20.9. The predicted molar refractivity (Wildman–Crippen MR) is 137 cm³/mol. The number of carbonyl (C=O) groups is 3. The number of hydrogen-bond donors (Lipinski definition) is 3. The van der Waals surface area contributed by atoms with Crippen molar-refractivity contribution in [2.24, 2.45) is 5.10 Å². The molecule has 3 aromatic rings. The highest BCUT2D eigenvalue weighted by Crippen LogP contribution is 2.27. The fourth-order valence-electron chi connectivity index (χ4n) is 2.94. The van der Waals surface area contributed by atoms with E-state index in [0.29, 0.717) is 22.7 Å². The molecule has 0 saturated heterocycles. The SMILES string of the molecule is COc1cc(/C=N\NC(=O)C(=O)Nc2ccccc2F)ccc1OCC(=O)Nc1ccc(Br)cc1C. The number of nitrogens with one attached hydrogen (secondary N) is 3. The third kappa shape index (κ3) is 7.37. The van der Waals surface area contributed by atoms with Crippen LogP contribution in [0.15, 0.2) is 70.2 Å². The second-order valence-electron chi connectivity index (χ2n) is 7.34. The van der Waals surface area contributed by atoms with Crippen LogP contribution in [0.25, 0.3) is 0 Å². The minimum absolute atomic E-state index is 0.123. The molecule has 186 valence electrons. The number of nitrogens with zero attached hydrogens (tertiary/aromatic N) is 1. The molecule has 11 heteroatoms. The van der Waals surface area contributed by atoms with Gasteiger partial charge in [-0.15, -0.1) is 0 Å². The molecule has 0 bridgehead atoms. The summed E-state index contributed by atoms with van der Waals surface area (Å²) in [5.74, 6) is -2.51. The summed E-state index contributed by atoms with van der Waals surface area (Å²) in [4.78, 5) is 36.1. The molecule has 0 heterocycles. The van der Waals surface area contributed by atoms with Crippen molar-refractivity contribution in [3.8, 4) is 11.5 Å². The summed E-state index contributed by atoms with van der Waals surface area (Å²) in [5.41, 5.74) is 4.03. The van der Waals surface area contributed by atoms with Crippen LogP contribution in [0.1, 0.15) is 11.1 Å². The van der Waals surface area contributed by atoms with Gasteiger partial charge in [-0.05, 0) is 66.6 Å². The molecule has 0 radical (unpaired) electrons. The topological polar surface area (TPSA) is 118 Å². The van der Waals surface area contributed by atoms with Crippen LogP contribution < -0.4 is 25.5 Å². The Balaban J connectivity index is 1.54. The third-order valence-electron chi connectivity index (χ3n) is 4.72. The van der Waals surface area contributed by atoms with Crippen molar-refractivity contribution in [2.45, 2.75) is 6.92 Å². The highest BCUT2D eigenvalue weighted by atomic mass is 79.9. The molecule has 3 aromatic carbocycles. The molecule has 3 N–H and O–H groups in total. The zero-order valence-electron chi connectivity index (χ0n) is 19.3. The lowest BCUT2D eigenvalue weighted by Gasteiger charge is -2.12. The molecule has 9 nitrogen and oxygen atoms in total. The van der Waals surface area contributed by atoms with Gasteiger partial charge in [0.05, 0.1) is 19.0 Å². The first-order valence-electron chi connectivity index (χ1n) is 10.5. The summed E-state index contributed by atoms with van der Waals surface area (Å²) in [5, 5.41) is 8.66. The van der Waals surface area contributed by atoms with Crippen molar-refractivity contribution in [1.29, 1.82) is 0 Å². The summed E-state index contributed by atoms with van der Waals surface area (Å²) in [6.07, 6.45) is 1.28. The largest absolute Gasteiger partial charge is 0.493 e. The Labute approximate surface area is 214 Å². The van der Waals surface area contributed by atoms with Crippen LogP contribution in [0.2, 0.25) is 0 Å². The van der Waals surface area contributed by atoms with E-state index in [0.717, 1.165) is 16.1 Å². The van der Waals surface area contributed by atoms with E-state index in [-0.39, 0.29) is 18.2 Å². The smallest absolute Gasteiger partial charge is 0.329 e. The number of carbonyl (C=O) groups excluding carboxylic acids is 3. The first-order valence-corrected chi connectivity index (χ1v) is 11.3. The van der Waals surface area contributed by atoms with Gasteiger partial charge in [-0.2, -0.15) is 5.10 Å². The van der Waals surface area contributed by atoms with Crippen molar-refractivity contribution in [3.63, 3.8) is 0 Å². The van der Waals surface area contributed by atoms with Crippen molar-refractivity contribution < 1.29 is 28.2 Å². The minimum atomic E-state index is -1.08. The fourth-order valence-corrected chi connectivity index (χ4v) is 3.41. The molecule has 36 heavy (non-hydrogen) atoms. The first kappa shape index (κ1) is 26.4. The lowest BCUT2D eigenvalue weighted by Crippen LogP contribution is -2.32. The summed E-state index contributed by atoms with van der Waals surface area (Å²) in [7, 11) is 1.43. The Morgan fingerprint density at radius 3 is 2.47 bits per heavy atom. The number of ether oxygens (including phenoxy) is 2. The zero-order chi connectivity index (χ0) is 26.1. The average Bonchev–Trinajstić information content (AvgIpc) is 2.86. The van der Waals surface area contributed by atoms with Crippen molar-refractivity contribution in [2.75, 3.05) is 24.4 Å². The van der Waals surface area contributed by atoms with Crippen LogP contribution in [0.3, 0.4) is 0 Å². The summed E-state index contributed by atoms with van der Waals surface area (Å²) in [6, 6.07) is 15.7. The second kappa shape index (κ2) is 12.5. The van der Waals surface area contributed by atoms with E-state index in [2.05, 4.69) is 37.1 Å². The van der Waals surface area contributed by atoms with Gasteiger partial charge in [0.15, 0.2) is 18.1 Å². The van der Waals surface area contributed by atoms with Crippen LogP contribution in [0, 0.1) is 12.7 Å². The molecule has 0 aliphatic rings. The van der Waals surface area contributed by atoms with Crippen LogP contribution in [0.5, 0.6) is 11.5 Å². The summed E-state index contributed by atoms with van der Waals surface area (Å²) in [6.45, 7) is 1.63. The average molecular weight is 557 g/mol. The maximum Gasteiger partial charge on any atom is 0.329 e. The number of hydrazone groups is 1. The Hall–Kier alpha value is -4.25. The molecular formula is C25H22BrFN4O5. The van der Waals surface area contributed by atoms with Gasteiger partial charge in [0, 0.05) is 10.2 Å². The second-order valence-corrected chi connectivity index (χ2v) is 8.26. The summed E-state index contributed by atoms with van der Waals surface area (Å²) < 4.78 is 25.4. The van der Waals surface area contributed by atoms with Gasteiger partial charge >= 0.3 is 11.8 Å². The highest BCUT2D eigenvalue weighted by Gasteiger charge is 2.15. The molecule has 0 saturated carbocycles. The maximum atomic E-state index is 13.6. The Morgan fingerprint density at radius 2 is 1.75 bits per heavy atom. The molecule has 0 unspecified atom stereocenters. The lowest BCUT2D eigenvalue weighted by atomic mass is 10.2. The fraction of sp³-hybridized carbons (Fsp3) is 0.120. The quantitative estimate of drug-likeness (QED) is 0.220. The number of aryl methyl sites for hydroxylation is 1. The molecule has 0 aliphatic heterocycles. The molecule has 0 aromatic heterocycles. The standard InChI is InChI=1S/C25H22BrFN4O5/c1-15-11-17(26)8-9-19(15)29-23(32)14-36-21-10-7-16(12-22(21)35-2)13-28-31-25(34)24(33)30-20-6-4-3-5-18(20)27/h3-13H,14H2,1-2H3,(H,29,32)(H,30,33)(H,31,34)/b28-13-. The van der Waals surface area contributed by atoms with E-state index in [9.17, 15) is 18.8 Å². The number of hydrogen-bond acceptors (Lipinski definition) is 6. The Kier molecular flexibility index (Phi) is 9.12. The van der Waals surface area contributed by atoms with Gasteiger partial charge < -0.3 is 20.1 Å². The molecule has 0 atom stereocenters. The summed E-state index contributed by atoms with van der Waals surface area (Å²) >= 11 is 3.38. The van der Waals surface area contributed by atoms with Gasteiger partial charge in [0.2, 0.25) is 0 Å². The molecule has 0 aliphatic carbocycles. The van der Waals surface area contributed by atoms with Crippen LogP contribution in [-0.4, -0.2) is 37.7 Å². The highest BCUT2D eigenvalue weighted by molar-refractivity contribution is 9.10. The molecule has 3 rings (SSSR count). The number of halogens is 2. The van der Waals surface area contributed by atoms with E-state index in [1.54, 1.807) is 24.3 Å². The number of para-hydroxylation sites is 1. The van der Waals surface area contributed by atoms with E-state index >= 15 is 0 Å². The number of anilines is 2. The predicted octanol–water partition coefficient (Wildman–Crippen LogP) is 4.01. The van der Waals surface area contributed by atoms with Gasteiger partial charge in [0.1, 0.15) is 5.82 Å². The molecule has 3 amide bonds. The van der Waals surface area contributed by atoms with Crippen LogP contribution in [0.4, 0.5) is 15.8 Å². The van der Waals surface area contributed by atoms with Crippen molar-refractivity contribution >= 4 is 51.2 Å². The van der Waals surface area contributed by atoms with Crippen molar-refractivity contribution in [3.05, 3.63) is 82.1 Å². The number of benzene rings is 3. The minimum Gasteiger partial charge on any atom is -0.493 e. The van der Waals surface area contributed by atoms with E-state index < -0.39 is 17.6 Å². The number of amides is 3. The van der Waals surface area contributed by atoms with Gasteiger partial charge in [-0.1, -0.05) is 28.1 Å². The number of methoxy groups -OCH3 is 1. The lowest BCUT2D eigenvalue weighted by molar-refractivity contribution is -0.136. The molecule has 0 spiro atoms. The molecule has 0 fully saturated rings. The van der Waals surface area contributed by atoms with E-state index in [1.165, 1.54) is 31.5 Å². The Morgan fingerprint density at radius 1 is 0.972 bits per heavy atom. The third-order valence-corrected chi connectivity index (χ3v) is 5.21. The van der Waals surface area contributed by atoms with Gasteiger partial charge in [-0.3, -0.25) is 14.4 Å². The van der Waals surface area contributed by atoms with Crippen molar-refractivity contribution in [1.82, 2.24) is 5.43 Å². The van der Waals surface area contributed by atoms with Crippen LogP contribution in [-0.2, 0) is 14.4 Å². The van der Waals surface area contributed by atoms with Crippen LogP contribution >= 0.6 is 15.9 Å². The number of rotatable bonds is 8. The monoisotopic (exact) mass is 556 g/mol. The Bertz CT molecular complexity index is 1320. The van der Waals surface area contributed by atoms with E-state index in [4.69, 9.17) is 9.47 Å². The normalized spacial score (nSPS) is 10.6. The van der Waals surface area contributed by atoms with E-state index in [1.807, 2.05) is 19.1 Å². The first-order chi connectivity index (χ1) is 17.3. The molecular weight excluding hydrogens is 535 g/mol. The maximum absolute atomic E-state index is 13.6.